The minimum Gasteiger partial charge on any atom is -0.493 e. The Morgan fingerprint density at radius 3 is 2.53 bits per heavy atom. The summed E-state index contributed by atoms with van der Waals surface area (Å²) < 4.78 is 38.6. The van der Waals surface area contributed by atoms with E-state index in [9.17, 15) is 18.8 Å². The summed E-state index contributed by atoms with van der Waals surface area (Å²) >= 11 is 3.41. The molecule has 0 unspecified atom stereocenters. The second-order valence-electron chi connectivity index (χ2n) is 6.55. The molecule has 1 amide bonds. The number of carbonyl (C=O) groups is 1. The van der Waals surface area contributed by atoms with E-state index < -0.39 is 11.7 Å². The van der Waals surface area contributed by atoms with Crippen molar-refractivity contribution in [3.63, 3.8) is 0 Å². The molecule has 3 aromatic carbocycles. The van der Waals surface area contributed by atoms with Gasteiger partial charge in [-0.25, -0.2) is 8.78 Å². The molecular weight excluding hydrogens is 482 g/mol. The van der Waals surface area contributed by atoms with Gasteiger partial charge in [-0.3, -0.25) is 4.79 Å². The molecule has 0 aliphatic rings. The van der Waals surface area contributed by atoms with Crippen molar-refractivity contribution >= 4 is 33.6 Å². The van der Waals surface area contributed by atoms with Crippen LogP contribution in [0.3, 0.4) is 0 Å². The summed E-state index contributed by atoms with van der Waals surface area (Å²) in [7, 11) is 1.45. The molecule has 8 heteroatoms. The van der Waals surface area contributed by atoms with E-state index >= 15 is 0 Å². The summed E-state index contributed by atoms with van der Waals surface area (Å²) in [5, 5.41) is 11.8. The zero-order chi connectivity index (χ0) is 23.1. The summed E-state index contributed by atoms with van der Waals surface area (Å²) in [6, 6.07) is 16.6. The first-order valence-electron chi connectivity index (χ1n) is 9.33. The number of anilines is 1. The maximum atomic E-state index is 13.8. The Morgan fingerprint density at radius 1 is 1.16 bits per heavy atom. The number of hydrogen-bond acceptors (Lipinski definition) is 4. The van der Waals surface area contributed by atoms with Crippen LogP contribution in [0.15, 0.2) is 70.7 Å². The molecule has 0 aliphatic carbocycles. The average Bonchev–Trinajstić information content (AvgIpc) is 2.79. The molecule has 162 valence electrons. The van der Waals surface area contributed by atoms with Crippen LogP contribution in [-0.2, 0) is 11.4 Å². The highest BCUT2D eigenvalue weighted by Gasteiger charge is 2.15. The van der Waals surface area contributed by atoms with Crippen molar-refractivity contribution in [3.8, 4) is 17.6 Å². The lowest BCUT2D eigenvalue weighted by molar-refractivity contribution is -0.112. The Morgan fingerprint density at radius 2 is 1.88 bits per heavy atom. The van der Waals surface area contributed by atoms with Gasteiger partial charge >= 0.3 is 0 Å². The Bertz CT molecular complexity index is 1200. The highest BCUT2D eigenvalue weighted by atomic mass is 79.9. The predicted octanol–water partition coefficient (Wildman–Crippen LogP) is 5.86. The highest BCUT2D eigenvalue weighted by molar-refractivity contribution is 9.10. The number of halogens is 3. The molecule has 0 aromatic heterocycles. The van der Waals surface area contributed by atoms with Crippen LogP contribution in [0.25, 0.3) is 6.08 Å². The van der Waals surface area contributed by atoms with Gasteiger partial charge in [0.05, 0.1) is 17.3 Å². The number of hydrogen-bond donors (Lipinski definition) is 1. The Balaban J connectivity index is 1.82. The molecule has 0 bridgehead atoms. The van der Waals surface area contributed by atoms with Gasteiger partial charge < -0.3 is 14.8 Å². The fourth-order valence-electron chi connectivity index (χ4n) is 2.77. The number of ether oxygens (including phenoxy) is 2. The smallest absolute Gasteiger partial charge is 0.266 e. The van der Waals surface area contributed by atoms with E-state index in [4.69, 9.17) is 9.47 Å². The van der Waals surface area contributed by atoms with E-state index in [0.717, 1.165) is 5.56 Å². The first kappa shape index (κ1) is 23.0. The highest BCUT2D eigenvalue weighted by Crippen LogP contribution is 2.37. The third kappa shape index (κ3) is 5.71. The van der Waals surface area contributed by atoms with E-state index in [1.54, 1.807) is 30.3 Å². The van der Waals surface area contributed by atoms with Crippen molar-refractivity contribution in [1.29, 1.82) is 5.26 Å². The fourth-order valence-corrected chi connectivity index (χ4v) is 3.34. The second kappa shape index (κ2) is 10.6. The zero-order valence-electron chi connectivity index (χ0n) is 16.9. The van der Waals surface area contributed by atoms with Gasteiger partial charge in [-0.15, -0.1) is 0 Å². The summed E-state index contributed by atoms with van der Waals surface area (Å²) in [6.45, 7) is 0.179. The van der Waals surface area contributed by atoms with Crippen LogP contribution in [0.4, 0.5) is 14.5 Å². The van der Waals surface area contributed by atoms with E-state index in [1.807, 2.05) is 6.07 Å². The molecule has 1 N–H and O–H groups in total. The third-order valence-electron chi connectivity index (χ3n) is 4.35. The molecule has 0 heterocycles. The van der Waals surface area contributed by atoms with Gasteiger partial charge in [-0.1, -0.05) is 24.3 Å². The van der Waals surface area contributed by atoms with Crippen LogP contribution in [0, 0.1) is 23.0 Å². The van der Waals surface area contributed by atoms with Gasteiger partial charge in [0.15, 0.2) is 11.5 Å². The second-order valence-corrected chi connectivity index (χ2v) is 7.41. The first-order chi connectivity index (χ1) is 15.4. The summed E-state index contributed by atoms with van der Waals surface area (Å²) in [4.78, 5) is 12.4. The van der Waals surface area contributed by atoms with E-state index in [0.29, 0.717) is 21.5 Å². The molecule has 0 aliphatic heterocycles. The van der Waals surface area contributed by atoms with Gasteiger partial charge in [0, 0.05) is 0 Å². The number of nitriles is 1. The van der Waals surface area contributed by atoms with Crippen LogP contribution in [0.5, 0.6) is 11.5 Å². The minimum atomic E-state index is -0.746. The van der Waals surface area contributed by atoms with Crippen LogP contribution in [-0.4, -0.2) is 13.0 Å². The van der Waals surface area contributed by atoms with Crippen molar-refractivity contribution in [2.24, 2.45) is 0 Å². The van der Waals surface area contributed by atoms with Gasteiger partial charge in [0.25, 0.3) is 5.91 Å². The number of para-hydroxylation sites is 1. The monoisotopic (exact) mass is 498 g/mol. The number of nitrogens with zero attached hydrogens (tertiary/aromatic N) is 1. The van der Waals surface area contributed by atoms with Gasteiger partial charge in [0.2, 0.25) is 0 Å². The van der Waals surface area contributed by atoms with Gasteiger partial charge in [-0.05, 0) is 69.5 Å². The summed E-state index contributed by atoms with van der Waals surface area (Å²) in [6.07, 6.45) is 1.35. The molecule has 5 nitrogen and oxygen atoms in total. The number of amides is 1. The molecular formula is C24H17BrF2N2O3. The fraction of sp³-hybridized carbons (Fsp3) is 0.0833. The predicted molar refractivity (Wildman–Crippen MR) is 120 cm³/mol. The molecule has 32 heavy (non-hydrogen) atoms. The standard InChI is InChI=1S/C24H17BrF2N2O3/c1-31-22-12-16(10-17(13-28)24(30)29-21-5-3-2-4-20(21)27)11-19(25)23(22)32-14-15-6-8-18(26)9-7-15/h2-12H,14H2,1H3,(H,29,30)/b17-10-. The van der Waals surface area contributed by atoms with E-state index in [-0.39, 0.29) is 23.7 Å². The maximum absolute atomic E-state index is 13.8. The SMILES string of the molecule is COc1cc(/C=C(/C#N)C(=O)Nc2ccccc2F)cc(Br)c1OCc1ccc(F)cc1. The van der Waals surface area contributed by atoms with Crippen LogP contribution in [0.1, 0.15) is 11.1 Å². The molecule has 0 fully saturated rings. The average molecular weight is 499 g/mol. The largest absolute Gasteiger partial charge is 0.493 e. The Hall–Kier alpha value is -3.70. The van der Waals surface area contributed by atoms with Crippen LogP contribution >= 0.6 is 15.9 Å². The minimum absolute atomic E-state index is 0.0260. The molecule has 0 atom stereocenters. The van der Waals surface area contributed by atoms with Crippen molar-refractivity contribution < 1.29 is 23.0 Å². The van der Waals surface area contributed by atoms with Gasteiger partial charge in [0.1, 0.15) is 29.9 Å². The summed E-state index contributed by atoms with van der Waals surface area (Å²) in [5.74, 6) is -0.923. The normalized spacial score (nSPS) is 10.9. The third-order valence-corrected chi connectivity index (χ3v) is 4.94. The van der Waals surface area contributed by atoms with Crippen molar-refractivity contribution in [1.82, 2.24) is 0 Å². The maximum Gasteiger partial charge on any atom is 0.266 e. The molecule has 0 saturated carbocycles. The van der Waals surface area contributed by atoms with Crippen molar-refractivity contribution in [2.75, 3.05) is 12.4 Å². The molecule has 3 aromatic rings. The molecule has 0 radical (unpaired) electrons. The number of methoxy groups -OCH3 is 1. The zero-order valence-corrected chi connectivity index (χ0v) is 18.4. The Kier molecular flexibility index (Phi) is 7.58. The molecule has 0 spiro atoms. The van der Waals surface area contributed by atoms with Gasteiger partial charge in [-0.2, -0.15) is 5.26 Å². The number of rotatable bonds is 7. The van der Waals surface area contributed by atoms with E-state index in [1.165, 1.54) is 43.5 Å². The van der Waals surface area contributed by atoms with Crippen molar-refractivity contribution in [3.05, 3.63) is 93.5 Å². The lowest BCUT2D eigenvalue weighted by atomic mass is 10.1. The van der Waals surface area contributed by atoms with Crippen molar-refractivity contribution in [2.45, 2.75) is 6.61 Å². The van der Waals surface area contributed by atoms with Crippen LogP contribution < -0.4 is 14.8 Å². The van der Waals surface area contributed by atoms with Crippen LogP contribution in [0.2, 0.25) is 0 Å². The lowest BCUT2D eigenvalue weighted by Gasteiger charge is -2.14. The number of nitrogens with one attached hydrogen (secondary N) is 1. The number of carbonyl (C=O) groups excluding carboxylic acids is 1. The molecule has 0 saturated heterocycles. The lowest BCUT2D eigenvalue weighted by Crippen LogP contribution is -2.14. The number of benzene rings is 3. The van der Waals surface area contributed by atoms with E-state index in [2.05, 4.69) is 21.2 Å². The quantitative estimate of drug-likeness (QED) is 0.327. The topological polar surface area (TPSA) is 71.3 Å². The molecule has 3 rings (SSSR count). The Labute approximate surface area is 192 Å². The first-order valence-corrected chi connectivity index (χ1v) is 10.1. The summed E-state index contributed by atoms with van der Waals surface area (Å²) in [5.41, 5.74) is 1.01.